The van der Waals surface area contributed by atoms with Crippen molar-refractivity contribution in [1.82, 2.24) is 10.2 Å². The van der Waals surface area contributed by atoms with Crippen LogP contribution in [0.25, 0.3) is 0 Å². The van der Waals surface area contributed by atoms with Crippen molar-refractivity contribution in [2.45, 2.75) is 45.1 Å². The second kappa shape index (κ2) is 6.07. The predicted molar refractivity (Wildman–Crippen MR) is 67.1 cm³/mol. The Labute approximate surface area is 108 Å². The Morgan fingerprint density at radius 1 is 1.28 bits per heavy atom. The molecule has 2 amide bonds. The van der Waals surface area contributed by atoms with Crippen LogP contribution in [-0.2, 0) is 9.53 Å². The summed E-state index contributed by atoms with van der Waals surface area (Å²) < 4.78 is 5.03. The molecule has 1 atom stereocenters. The molecule has 0 bridgehead atoms. The summed E-state index contributed by atoms with van der Waals surface area (Å²) in [7, 11) is 0. The van der Waals surface area contributed by atoms with Gasteiger partial charge in [0.15, 0.2) is 0 Å². The molecule has 0 aromatic carbocycles. The molecule has 18 heavy (non-hydrogen) atoms. The van der Waals surface area contributed by atoms with Gasteiger partial charge in [0.1, 0.15) is 0 Å². The fraction of sp³-hybridized carbons (Fsp3) is 0.846. The lowest BCUT2D eigenvalue weighted by Crippen LogP contribution is -2.51. The van der Waals surface area contributed by atoms with Crippen molar-refractivity contribution in [2.24, 2.45) is 5.92 Å². The van der Waals surface area contributed by atoms with Crippen molar-refractivity contribution in [3.63, 3.8) is 0 Å². The standard InChI is InChI=1S/C13H22N2O3/c1-2-18-12(16)10-5-4-8-15(9-10)13(17)14-11-6-3-7-11/h10-11H,2-9H2,1H3,(H,14,17)/t10-/m1/s1. The van der Waals surface area contributed by atoms with E-state index in [4.69, 9.17) is 4.74 Å². The van der Waals surface area contributed by atoms with Gasteiger partial charge < -0.3 is 15.0 Å². The number of nitrogens with zero attached hydrogens (tertiary/aromatic N) is 1. The molecule has 102 valence electrons. The maximum absolute atomic E-state index is 12.0. The number of amides is 2. The minimum Gasteiger partial charge on any atom is -0.466 e. The van der Waals surface area contributed by atoms with E-state index in [1.807, 2.05) is 6.92 Å². The van der Waals surface area contributed by atoms with E-state index in [9.17, 15) is 9.59 Å². The molecule has 1 heterocycles. The molecule has 0 aromatic rings. The molecule has 0 spiro atoms. The number of piperidine rings is 1. The number of carbonyl (C=O) groups excluding carboxylic acids is 2. The highest BCUT2D eigenvalue weighted by molar-refractivity contribution is 5.77. The summed E-state index contributed by atoms with van der Waals surface area (Å²) in [6.07, 6.45) is 5.08. The Bertz CT molecular complexity index is 315. The molecular weight excluding hydrogens is 232 g/mol. The van der Waals surface area contributed by atoms with E-state index in [0.717, 1.165) is 32.2 Å². The van der Waals surface area contributed by atoms with Crippen molar-refractivity contribution in [2.75, 3.05) is 19.7 Å². The van der Waals surface area contributed by atoms with E-state index in [2.05, 4.69) is 5.32 Å². The van der Waals surface area contributed by atoms with Crippen LogP contribution in [0, 0.1) is 5.92 Å². The fourth-order valence-corrected chi connectivity index (χ4v) is 2.43. The highest BCUT2D eigenvalue weighted by atomic mass is 16.5. The third kappa shape index (κ3) is 3.15. The summed E-state index contributed by atoms with van der Waals surface area (Å²) in [5, 5.41) is 3.01. The van der Waals surface area contributed by atoms with Gasteiger partial charge in [0.25, 0.3) is 0 Å². The van der Waals surface area contributed by atoms with Gasteiger partial charge in [0, 0.05) is 19.1 Å². The quantitative estimate of drug-likeness (QED) is 0.777. The topological polar surface area (TPSA) is 58.6 Å². The largest absolute Gasteiger partial charge is 0.466 e. The van der Waals surface area contributed by atoms with Gasteiger partial charge >= 0.3 is 12.0 Å². The molecule has 2 aliphatic rings. The van der Waals surface area contributed by atoms with Gasteiger partial charge in [-0.05, 0) is 39.0 Å². The highest BCUT2D eigenvalue weighted by Crippen LogP contribution is 2.21. The maximum Gasteiger partial charge on any atom is 0.317 e. The molecule has 0 radical (unpaired) electrons. The first-order valence-electron chi connectivity index (χ1n) is 6.92. The lowest BCUT2D eigenvalue weighted by molar-refractivity contribution is -0.149. The summed E-state index contributed by atoms with van der Waals surface area (Å²) in [6.45, 7) is 3.46. The Morgan fingerprint density at radius 3 is 2.67 bits per heavy atom. The highest BCUT2D eigenvalue weighted by Gasteiger charge is 2.30. The summed E-state index contributed by atoms with van der Waals surface area (Å²) in [4.78, 5) is 25.4. The van der Waals surface area contributed by atoms with Crippen LogP contribution in [-0.4, -0.2) is 42.6 Å². The number of hydrogen-bond acceptors (Lipinski definition) is 3. The number of likely N-dealkylation sites (tertiary alicyclic amines) is 1. The second-order valence-electron chi connectivity index (χ2n) is 5.11. The number of hydrogen-bond donors (Lipinski definition) is 1. The van der Waals surface area contributed by atoms with Gasteiger partial charge in [-0.3, -0.25) is 4.79 Å². The lowest BCUT2D eigenvalue weighted by atomic mass is 9.93. The molecular formula is C13H22N2O3. The van der Waals surface area contributed by atoms with Crippen molar-refractivity contribution in [1.29, 1.82) is 0 Å². The Balaban J connectivity index is 1.81. The molecule has 2 fully saturated rings. The first-order valence-corrected chi connectivity index (χ1v) is 6.92. The van der Waals surface area contributed by atoms with Gasteiger partial charge in [-0.25, -0.2) is 4.79 Å². The van der Waals surface area contributed by atoms with Gasteiger partial charge in [0.2, 0.25) is 0 Å². The van der Waals surface area contributed by atoms with E-state index < -0.39 is 0 Å². The molecule has 5 nitrogen and oxygen atoms in total. The smallest absolute Gasteiger partial charge is 0.317 e. The Hall–Kier alpha value is -1.26. The van der Waals surface area contributed by atoms with Crippen LogP contribution in [0.3, 0.4) is 0 Å². The van der Waals surface area contributed by atoms with Crippen LogP contribution in [0.1, 0.15) is 39.0 Å². The van der Waals surface area contributed by atoms with Crippen LogP contribution in [0.15, 0.2) is 0 Å². The fourth-order valence-electron chi connectivity index (χ4n) is 2.43. The molecule has 1 aliphatic heterocycles. The molecule has 1 saturated carbocycles. The van der Waals surface area contributed by atoms with Crippen LogP contribution in [0.5, 0.6) is 0 Å². The van der Waals surface area contributed by atoms with Crippen molar-refractivity contribution >= 4 is 12.0 Å². The van der Waals surface area contributed by atoms with E-state index >= 15 is 0 Å². The van der Waals surface area contributed by atoms with E-state index in [1.54, 1.807) is 4.90 Å². The molecule has 0 unspecified atom stereocenters. The zero-order valence-corrected chi connectivity index (χ0v) is 11.0. The molecule has 1 aliphatic carbocycles. The van der Waals surface area contributed by atoms with E-state index in [-0.39, 0.29) is 17.9 Å². The minimum absolute atomic E-state index is 0.0197. The molecule has 1 N–H and O–H groups in total. The summed E-state index contributed by atoms with van der Waals surface area (Å²) >= 11 is 0. The summed E-state index contributed by atoms with van der Waals surface area (Å²) in [5.74, 6) is -0.315. The number of ether oxygens (including phenoxy) is 1. The van der Waals surface area contributed by atoms with Gasteiger partial charge in [0.05, 0.1) is 12.5 Å². The maximum atomic E-state index is 12.0. The normalized spacial score (nSPS) is 24.3. The van der Waals surface area contributed by atoms with Crippen molar-refractivity contribution in [3.05, 3.63) is 0 Å². The molecule has 1 saturated heterocycles. The van der Waals surface area contributed by atoms with Crippen LogP contribution < -0.4 is 5.32 Å². The van der Waals surface area contributed by atoms with Crippen molar-refractivity contribution in [3.8, 4) is 0 Å². The number of carbonyl (C=O) groups is 2. The average Bonchev–Trinajstić information content (AvgIpc) is 2.34. The number of rotatable bonds is 3. The second-order valence-corrected chi connectivity index (χ2v) is 5.11. The van der Waals surface area contributed by atoms with Crippen molar-refractivity contribution < 1.29 is 14.3 Å². The first kappa shape index (κ1) is 13.2. The van der Waals surface area contributed by atoms with Gasteiger partial charge in [-0.15, -0.1) is 0 Å². The minimum atomic E-state index is -0.168. The Kier molecular flexibility index (Phi) is 4.44. The Morgan fingerprint density at radius 2 is 2.06 bits per heavy atom. The SMILES string of the molecule is CCOC(=O)[C@@H]1CCCN(C(=O)NC2CCC2)C1. The molecule has 2 rings (SSSR count). The predicted octanol–water partition coefficient (Wildman–Crippen LogP) is 1.52. The first-order chi connectivity index (χ1) is 8.70. The number of nitrogens with one attached hydrogen (secondary N) is 1. The van der Waals surface area contributed by atoms with E-state index in [0.29, 0.717) is 19.2 Å². The molecule has 0 aromatic heterocycles. The summed E-state index contributed by atoms with van der Waals surface area (Å²) in [6, 6.07) is 0.328. The monoisotopic (exact) mass is 254 g/mol. The van der Waals surface area contributed by atoms with Crippen LogP contribution >= 0.6 is 0 Å². The summed E-state index contributed by atoms with van der Waals surface area (Å²) in [5.41, 5.74) is 0. The van der Waals surface area contributed by atoms with Crippen LogP contribution in [0.4, 0.5) is 4.79 Å². The third-order valence-electron chi connectivity index (χ3n) is 3.76. The molecule has 5 heteroatoms. The third-order valence-corrected chi connectivity index (χ3v) is 3.76. The van der Waals surface area contributed by atoms with Gasteiger partial charge in [-0.2, -0.15) is 0 Å². The number of esters is 1. The average molecular weight is 254 g/mol. The lowest BCUT2D eigenvalue weighted by Gasteiger charge is -2.34. The zero-order chi connectivity index (χ0) is 13.0. The number of urea groups is 1. The van der Waals surface area contributed by atoms with Crippen LogP contribution in [0.2, 0.25) is 0 Å². The van der Waals surface area contributed by atoms with E-state index in [1.165, 1.54) is 6.42 Å². The zero-order valence-electron chi connectivity index (χ0n) is 11.0. The van der Waals surface area contributed by atoms with Gasteiger partial charge in [-0.1, -0.05) is 0 Å².